The molecule has 3 heterocycles. The summed E-state index contributed by atoms with van der Waals surface area (Å²) >= 11 is 0. The van der Waals surface area contributed by atoms with Gasteiger partial charge in [0.15, 0.2) is 5.82 Å². The van der Waals surface area contributed by atoms with Gasteiger partial charge in [0.1, 0.15) is 5.82 Å². The van der Waals surface area contributed by atoms with Crippen molar-refractivity contribution in [2.24, 2.45) is 11.8 Å². The number of rotatable bonds is 2. The molecule has 2 aromatic heterocycles. The van der Waals surface area contributed by atoms with E-state index in [0.717, 1.165) is 30.0 Å². The van der Waals surface area contributed by atoms with Gasteiger partial charge in [0.25, 0.3) is 0 Å². The summed E-state index contributed by atoms with van der Waals surface area (Å²) in [6.45, 7) is 3.42. The molecule has 0 spiro atoms. The monoisotopic (exact) mass is 298 g/mol. The molecule has 0 bridgehead atoms. The van der Waals surface area contributed by atoms with E-state index >= 15 is 0 Å². The number of anilines is 2. The predicted molar refractivity (Wildman–Crippen MR) is 85.8 cm³/mol. The van der Waals surface area contributed by atoms with Gasteiger partial charge in [-0.1, -0.05) is 19.8 Å². The van der Waals surface area contributed by atoms with E-state index in [9.17, 15) is 0 Å². The minimum Gasteiger partial charge on any atom is -0.368 e. The molecule has 3 atom stereocenters. The molecule has 6 nitrogen and oxygen atoms in total. The van der Waals surface area contributed by atoms with Gasteiger partial charge in [0.2, 0.25) is 5.95 Å². The molecule has 116 valence electrons. The molecule has 2 aliphatic rings. The Kier molecular flexibility index (Phi) is 3.24. The van der Waals surface area contributed by atoms with Gasteiger partial charge in [-0.2, -0.15) is 15.1 Å². The summed E-state index contributed by atoms with van der Waals surface area (Å²) < 4.78 is 1.74. The third kappa shape index (κ3) is 2.23. The van der Waals surface area contributed by atoms with Gasteiger partial charge in [-0.3, -0.25) is 0 Å². The van der Waals surface area contributed by atoms with Gasteiger partial charge in [-0.05, 0) is 30.7 Å². The number of hydrogen-bond acceptors (Lipinski definition) is 5. The normalized spacial score (nSPS) is 27.9. The van der Waals surface area contributed by atoms with Crippen LogP contribution in [-0.2, 0) is 0 Å². The molecule has 1 saturated carbocycles. The summed E-state index contributed by atoms with van der Waals surface area (Å²) in [5.74, 6) is 3.50. The first-order chi connectivity index (χ1) is 10.7. The van der Waals surface area contributed by atoms with Crippen molar-refractivity contribution >= 4 is 11.8 Å². The van der Waals surface area contributed by atoms with Crippen LogP contribution in [0.4, 0.5) is 11.8 Å². The van der Waals surface area contributed by atoms with Crippen molar-refractivity contribution in [1.29, 1.82) is 0 Å². The van der Waals surface area contributed by atoms with Crippen LogP contribution in [0, 0.1) is 11.8 Å². The molecule has 6 heteroatoms. The second-order valence-corrected chi connectivity index (χ2v) is 6.54. The number of aromatic nitrogens is 4. The molecule has 0 aromatic carbocycles. The summed E-state index contributed by atoms with van der Waals surface area (Å²) in [6, 6.07) is 4.49. The summed E-state index contributed by atoms with van der Waals surface area (Å²) in [5.41, 5.74) is 5.95. The number of nitrogens with zero attached hydrogens (tertiary/aromatic N) is 5. The van der Waals surface area contributed by atoms with E-state index in [-0.39, 0.29) is 0 Å². The molecule has 2 N–H and O–H groups in total. The van der Waals surface area contributed by atoms with Gasteiger partial charge in [0.05, 0.1) is 0 Å². The zero-order valence-corrected chi connectivity index (χ0v) is 12.9. The van der Waals surface area contributed by atoms with Crippen molar-refractivity contribution in [3.8, 4) is 5.82 Å². The topological polar surface area (TPSA) is 72.9 Å². The highest BCUT2D eigenvalue weighted by Crippen LogP contribution is 2.41. The lowest BCUT2D eigenvalue weighted by Gasteiger charge is -2.32. The maximum Gasteiger partial charge on any atom is 0.224 e. The maximum absolute atomic E-state index is 5.95. The van der Waals surface area contributed by atoms with Crippen LogP contribution in [0.2, 0.25) is 0 Å². The fraction of sp³-hybridized carbons (Fsp3) is 0.562. The molecule has 4 rings (SSSR count). The summed E-state index contributed by atoms with van der Waals surface area (Å²) in [6.07, 6.45) is 8.90. The molecular weight excluding hydrogens is 276 g/mol. The average Bonchev–Trinajstić information content (AvgIpc) is 3.16. The summed E-state index contributed by atoms with van der Waals surface area (Å²) in [5, 5.41) is 4.24. The van der Waals surface area contributed by atoms with Gasteiger partial charge in [-0.15, -0.1) is 0 Å². The number of hydrogen-bond donors (Lipinski definition) is 1. The highest BCUT2D eigenvalue weighted by atomic mass is 15.3. The fourth-order valence-corrected chi connectivity index (χ4v) is 4.14. The standard InChI is InChI=1S/C16H22N6/c1-11-10-21(13-6-3-2-5-12(11)13)14-9-15(20-16(17)19-14)22-8-4-7-18-22/h4,7-9,11-13H,2-3,5-6,10H2,1H3,(H2,17,19,20). The van der Waals surface area contributed by atoms with E-state index in [1.807, 2.05) is 18.3 Å². The van der Waals surface area contributed by atoms with Crippen LogP contribution in [-0.4, -0.2) is 32.3 Å². The lowest BCUT2D eigenvalue weighted by Crippen LogP contribution is -2.35. The van der Waals surface area contributed by atoms with Crippen LogP contribution < -0.4 is 10.6 Å². The van der Waals surface area contributed by atoms with E-state index in [1.54, 1.807) is 10.9 Å². The maximum atomic E-state index is 5.95. The molecule has 0 amide bonds. The SMILES string of the molecule is CC1CN(c2cc(-n3cccn3)nc(N)n2)C2CCCCC12. The van der Waals surface area contributed by atoms with Crippen LogP contribution in [0.5, 0.6) is 0 Å². The first kappa shape index (κ1) is 13.5. The van der Waals surface area contributed by atoms with E-state index < -0.39 is 0 Å². The predicted octanol–water partition coefficient (Wildman–Crippen LogP) is 2.26. The first-order valence-corrected chi connectivity index (χ1v) is 8.13. The minimum atomic E-state index is 0.315. The van der Waals surface area contributed by atoms with Gasteiger partial charge in [-0.25, -0.2) is 4.68 Å². The number of nitrogen functional groups attached to an aromatic ring is 1. The van der Waals surface area contributed by atoms with Crippen LogP contribution in [0.15, 0.2) is 24.5 Å². The van der Waals surface area contributed by atoms with Crippen molar-refractivity contribution in [2.75, 3.05) is 17.2 Å². The average molecular weight is 298 g/mol. The Balaban J connectivity index is 1.70. The van der Waals surface area contributed by atoms with E-state index in [0.29, 0.717) is 12.0 Å². The molecular formula is C16H22N6. The van der Waals surface area contributed by atoms with E-state index in [2.05, 4.69) is 26.9 Å². The van der Waals surface area contributed by atoms with Crippen LogP contribution in [0.3, 0.4) is 0 Å². The Hall–Kier alpha value is -2.11. The molecule has 0 radical (unpaired) electrons. The van der Waals surface area contributed by atoms with Gasteiger partial charge in [0, 0.05) is 31.0 Å². The Morgan fingerprint density at radius 2 is 2.00 bits per heavy atom. The van der Waals surface area contributed by atoms with Crippen molar-refractivity contribution in [3.63, 3.8) is 0 Å². The summed E-state index contributed by atoms with van der Waals surface area (Å²) in [4.78, 5) is 11.3. The van der Waals surface area contributed by atoms with Crippen LogP contribution in [0.1, 0.15) is 32.6 Å². The van der Waals surface area contributed by atoms with Crippen molar-refractivity contribution < 1.29 is 0 Å². The van der Waals surface area contributed by atoms with Gasteiger partial charge >= 0.3 is 0 Å². The van der Waals surface area contributed by atoms with E-state index in [1.165, 1.54) is 25.7 Å². The Labute approximate surface area is 130 Å². The zero-order valence-electron chi connectivity index (χ0n) is 12.9. The van der Waals surface area contributed by atoms with Crippen molar-refractivity contribution in [2.45, 2.75) is 38.6 Å². The lowest BCUT2D eigenvalue weighted by molar-refractivity contribution is 0.293. The highest BCUT2D eigenvalue weighted by Gasteiger charge is 2.41. The molecule has 1 aliphatic carbocycles. The Morgan fingerprint density at radius 1 is 1.18 bits per heavy atom. The fourth-order valence-electron chi connectivity index (χ4n) is 4.14. The smallest absolute Gasteiger partial charge is 0.224 e. The van der Waals surface area contributed by atoms with E-state index in [4.69, 9.17) is 5.73 Å². The van der Waals surface area contributed by atoms with Crippen LogP contribution >= 0.6 is 0 Å². The Morgan fingerprint density at radius 3 is 2.82 bits per heavy atom. The zero-order chi connectivity index (χ0) is 15.1. The van der Waals surface area contributed by atoms with Gasteiger partial charge < -0.3 is 10.6 Å². The quantitative estimate of drug-likeness (QED) is 0.920. The van der Waals surface area contributed by atoms with Crippen LogP contribution in [0.25, 0.3) is 5.82 Å². The number of nitrogens with two attached hydrogens (primary N) is 1. The number of fused-ring (bicyclic) bond motifs is 1. The second kappa shape index (κ2) is 5.26. The molecule has 22 heavy (non-hydrogen) atoms. The third-order valence-corrected chi connectivity index (χ3v) is 5.15. The minimum absolute atomic E-state index is 0.315. The Bertz CT molecular complexity index is 653. The molecule has 3 unspecified atom stereocenters. The molecule has 2 fully saturated rings. The molecule has 1 saturated heterocycles. The summed E-state index contributed by atoms with van der Waals surface area (Å²) in [7, 11) is 0. The highest BCUT2D eigenvalue weighted by molar-refractivity contribution is 5.50. The third-order valence-electron chi connectivity index (χ3n) is 5.15. The second-order valence-electron chi connectivity index (χ2n) is 6.54. The molecule has 2 aromatic rings. The lowest BCUT2D eigenvalue weighted by atomic mass is 9.80. The first-order valence-electron chi connectivity index (χ1n) is 8.13. The molecule has 1 aliphatic heterocycles. The van der Waals surface area contributed by atoms with Crippen molar-refractivity contribution in [1.82, 2.24) is 19.7 Å². The largest absolute Gasteiger partial charge is 0.368 e. The van der Waals surface area contributed by atoms with Crippen molar-refractivity contribution in [3.05, 3.63) is 24.5 Å².